The molecule has 1 fully saturated rings. The van der Waals surface area contributed by atoms with E-state index in [1.165, 1.54) is 5.56 Å². The van der Waals surface area contributed by atoms with Gasteiger partial charge in [-0.3, -0.25) is 4.79 Å². The Kier molecular flexibility index (Phi) is 8.29. The first-order valence-corrected chi connectivity index (χ1v) is 11.8. The van der Waals surface area contributed by atoms with E-state index in [4.69, 9.17) is 9.47 Å². The summed E-state index contributed by atoms with van der Waals surface area (Å²) in [4.78, 5) is 15.4. The number of likely N-dealkylation sites (tertiary alicyclic amines) is 1. The Balaban J connectivity index is 1.34. The van der Waals surface area contributed by atoms with Crippen molar-refractivity contribution in [2.45, 2.75) is 45.1 Å². The van der Waals surface area contributed by atoms with Crippen molar-refractivity contribution < 1.29 is 14.3 Å². The molecule has 0 bridgehead atoms. The lowest BCUT2D eigenvalue weighted by Gasteiger charge is -2.49. The van der Waals surface area contributed by atoms with Crippen LogP contribution in [0.3, 0.4) is 0 Å². The first-order valence-electron chi connectivity index (χ1n) is 11.8. The smallest absolute Gasteiger partial charge is 0.226 e. The highest BCUT2D eigenvalue weighted by atomic mass is 16.5. The number of hydrogen-bond acceptors (Lipinski definition) is 3. The van der Waals surface area contributed by atoms with Crippen molar-refractivity contribution in [3.8, 4) is 0 Å². The van der Waals surface area contributed by atoms with Crippen LogP contribution in [0, 0.1) is 5.92 Å². The molecule has 4 heteroatoms. The van der Waals surface area contributed by atoms with Crippen molar-refractivity contribution in [2.75, 3.05) is 13.2 Å². The lowest BCUT2D eigenvalue weighted by atomic mass is 9.89. The summed E-state index contributed by atoms with van der Waals surface area (Å²) in [6.45, 7) is 4.25. The molecule has 3 atom stereocenters. The van der Waals surface area contributed by atoms with Gasteiger partial charge >= 0.3 is 0 Å². The lowest BCUT2D eigenvalue weighted by Crippen LogP contribution is -2.63. The molecule has 0 unspecified atom stereocenters. The number of benzene rings is 3. The van der Waals surface area contributed by atoms with Crippen molar-refractivity contribution in [1.82, 2.24) is 4.90 Å². The highest BCUT2D eigenvalue weighted by Gasteiger charge is 2.43. The van der Waals surface area contributed by atoms with Gasteiger partial charge in [0, 0.05) is 5.92 Å². The molecule has 3 aromatic rings. The monoisotopic (exact) mass is 443 g/mol. The number of carbonyl (C=O) groups is 1. The number of amides is 1. The van der Waals surface area contributed by atoms with Gasteiger partial charge in [-0.25, -0.2) is 0 Å². The lowest BCUT2D eigenvalue weighted by molar-refractivity contribution is -0.157. The second kappa shape index (κ2) is 11.8. The third-order valence-electron chi connectivity index (χ3n) is 6.24. The summed E-state index contributed by atoms with van der Waals surface area (Å²) in [7, 11) is 0. The molecule has 1 saturated heterocycles. The summed E-state index contributed by atoms with van der Waals surface area (Å²) in [5, 5.41) is 0. The van der Waals surface area contributed by atoms with E-state index < -0.39 is 0 Å². The molecule has 33 heavy (non-hydrogen) atoms. The predicted octanol–water partition coefficient (Wildman–Crippen LogP) is 5.27. The van der Waals surface area contributed by atoms with Gasteiger partial charge < -0.3 is 14.4 Å². The van der Waals surface area contributed by atoms with Crippen molar-refractivity contribution in [2.24, 2.45) is 5.92 Å². The number of hydrogen-bond donors (Lipinski definition) is 0. The van der Waals surface area contributed by atoms with Crippen molar-refractivity contribution in [1.29, 1.82) is 0 Å². The predicted molar refractivity (Wildman–Crippen MR) is 131 cm³/mol. The molecule has 1 aliphatic rings. The molecule has 0 N–H and O–H groups in total. The second-order valence-corrected chi connectivity index (χ2v) is 8.88. The molecule has 0 saturated carbocycles. The van der Waals surface area contributed by atoms with Crippen LogP contribution in [0.25, 0.3) is 0 Å². The third kappa shape index (κ3) is 6.53. The summed E-state index contributed by atoms with van der Waals surface area (Å²) in [6, 6.07) is 30.7. The van der Waals surface area contributed by atoms with Gasteiger partial charge in [-0.1, -0.05) is 97.9 Å². The van der Waals surface area contributed by atoms with Gasteiger partial charge in [-0.15, -0.1) is 0 Å². The zero-order valence-electron chi connectivity index (χ0n) is 19.3. The maximum absolute atomic E-state index is 13.4. The number of rotatable bonds is 11. The highest BCUT2D eigenvalue weighted by molar-refractivity contribution is 5.80. The van der Waals surface area contributed by atoms with Crippen molar-refractivity contribution in [3.05, 3.63) is 108 Å². The van der Waals surface area contributed by atoms with E-state index >= 15 is 0 Å². The molecular formula is C29H33NO3. The second-order valence-electron chi connectivity index (χ2n) is 8.88. The molecule has 0 spiro atoms. The normalized spacial score (nSPS) is 18.5. The molecular weight excluding hydrogens is 410 g/mol. The van der Waals surface area contributed by atoms with Crippen LogP contribution in [0.4, 0.5) is 0 Å². The summed E-state index contributed by atoms with van der Waals surface area (Å²) in [5.74, 6) is 0.104. The minimum absolute atomic E-state index is 0.0825. The van der Waals surface area contributed by atoms with Gasteiger partial charge in [-0.05, 0) is 29.5 Å². The average molecular weight is 444 g/mol. The van der Waals surface area contributed by atoms with E-state index in [9.17, 15) is 4.79 Å². The zero-order chi connectivity index (χ0) is 22.9. The van der Waals surface area contributed by atoms with Crippen LogP contribution < -0.4 is 0 Å². The first-order chi connectivity index (χ1) is 16.2. The van der Waals surface area contributed by atoms with E-state index in [1.807, 2.05) is 66.4 Å². The molecule has 4 rings (SSSR count). The van der Waals surface area contributed by atoms with Gasteiger partial charge in [0.25, 0.3) is 0 Å². The molecule has 0 radical (unpaired) electrons. The third-order valence-corrected chi connectivity index (χ3v) is 6.24. The first kappa shape index (κ1) is 23.2. The molecule has 1 heterocycles. The summed E-state index contributed by atoms with van der Waals surface area (Å²) >= 11 is 0. The molecule has 172 valence electrons. The van der Waals surface area contributed by atoms with E-state index in [0.717, 1.165) is 24.0 Å². The number of ether oxygens (including phenoxy) is 2. The van der Waals surface area contributed by atoms with Crippen molar-refractivity contribution in [3.63, 3.8) is 0 Å². The summed E-state index contributed by atoms with van der Waals surface area (Å²) < 4.78 is 12.0. The van der Waals surface area contributed by atoms with Gasteiger partial charge in [0.15, 0.2) is 0 Å². The molecule has 0 aliphatic carbocycles. The number of nitrogens with zero attached hydrogens (tertiary/aromatic N) is 1. The summed E-state index contributed by atoms with van der Waals surface area (Å²) in [5.41, 5.74) is 3.48. The van der Waals surface area contributed by atoms with E-state index in [0.29, 0.717) is 26.4 Å². The quantitative estimate of drug-likeness (QED) is 0.405. The van der Waals surface area contributed by atoms with Crippen LogP contribution in [-0.4, -0.2) is 36.1 Å². The molecule has 3 aromatic carbocycles. The standard InChI is InChI=1S/C29H33NO3/c1-23(17-24-11-5-2-6-12-24)29(31)30-27(21-32-19-25-13-7-3-8-14-25)18-28(30)22-33-20-26-15-9-4-10-16-26/h2-16,23,27-28H,17-22H2,1H3/t23-,27+,28+/m0/s1. The zero-order valence-corrected chi connectivity index (χ0v) is 19.3. The van der Waals surface area contributed by atoms with Crippen LogP contribution in [0.5, 0.6) is 0 Å². The fourth-order valence-corrected chi connectivity index (χ4v) is 4.44. The van der Waals surface area contributed by atoms with Crippen LogP contribution >= 0.6 is 0 Å². The maximum atomic E-state index is 13.4. The minimum Gasteiger partial charge on any atom is -0.375 e. The van der Waals surface area contributed by atoms with Crippen LogP contribution in [0.1, 0.15) is 30.0 Å². The SMILES string of the molecule is C[C@@H](Cc1ccccc1)C(=O)N1[C@@H](COCc2ccccc2)C[C@@H]1COCc1ccccc1. The Morgan fingerprint density at radius 3 is 1.64 bits per heavy atom. The van der Waals surface area contributed by atoms with Gasteiger partial charge in [0.1, 0.15) is 0 Å². The highest BCUT2D eigenvalue weighted by Crippen LogP contribution is 2.30. The Morgan fingerprint density at radius 1 is 0.758 bits per heavy atom. The number of carbonyl (C=O) groups excluding carboxylic acids is 1. The van der Waals surface area contributed by atoms with Crippen LogP contribution in [0.2, 0.25) is 0 Å². The van der Waals surface area contributed by atoms with Crippen LogP contribution in [-0.2, 0) is 33.9 Å². The minimum atomic E-state index is -0.0825. The maximum Gasteiger partial charge on any atom is 0.226 e. The molecule has 4 nitrogen and oxygen atoms in total. The molecule has 1 amide bonds. The van der Waals surface area contributed by atoms with E-state index in [1.54, 1.807) is 0 Å². The van der Waals surface area contributed by atoms with E-state index in [-0.39, 0.29) is 23.9 Å². The Labute approximate surface area is 197 Å². The van der Waals surface area contributed by atoms with Gasteiger partial charge in [0.2, 0.25) is 5.91 Å². The summed E-state index contributed by atoms with van der Waals surface area (Å²) in [6.07, 6.45) is 1.65. The fraction of sp³-hybridized carbons (Fsp3) is 0.345. The Bertz CT molecular complexity index is 926. The molecule has 1 aliphatic heterocycles. The van der Waals surface area contributed by atoms with Crippen LogP contribution in [0.15, 0.2) is 91.0 Å². The van der Waals surface area contributed by atoms with Gasteiger partial charge in [-0.2, -0.15) is 0 Å². The van der Waals surface area contributed by atoms with E-state index in [2.05, 4.69) is 36.4 Å². The average Bonchev–Trinajstić information content (AvgIpc) is 2.84. The Hall–Kier alpha value is -2.95. The molecule has 0 aromatic heterocycles. The van der Waals surface area contributed by atoms with Gasteiger partial charge in [0.05, 0.1) is 38.5 Å². The fourth-order valence-electron chi connectivity index (χ4n) is 4.44. The largest absolute Gasteiger partial charge is 0.375 e. The van der Waals surface area contributed by atoms with Crippen molar-refractivity contribution >= 4 is 5.91 Å². The topological polar surface area (TPSA) is 38.8 Å². The Morgan fingerprint density at radius 2 is 1.18 bits per heavy atom.